The molecule has 0 bridgehead atoms. The first-order valence-electron chi connectivity index (χ1n) is 21.8. The van der Waals surface area contributed by atoms with Crippen LogP contribution in [0.5, 0.6) is 5.75 Å². The second-order valence-corrected chi connectivity index (χ2v) is 16.8. The Morgan fingerprint density at radius 2 is 1.52 bits per heavy atom. The Morgan fingerprint density at radius 3 is 2.18 bits per heavy atom. The lowest BCUT2D eigenvalue weighted by atomic mass is 9.66. The average Bonchev–Trinajstić information content (AvgIpc) is 3.91. The van der Waals surface area contributed by atoms with Crippen LogP contribution in [0.2, 0.25) is 0 Å². The third kappa shape index (κ3) is 7.04. The normalized spacial score (nSPS) is 24.2. The molecule has 4 saturated heterocycles. The van der Waals surface area contributed by atoms with Crippen molar-refractivity contribution in [3.05, 3.63) is 155 Å². The van der Waals surface area contributed by atoms with Crippen LogP contribution in [0.15, 0.2) is 132 Å². The number of carbonyl (C=O) groups is 4. The Labute approximate surface area is 376 Å². The molecule has 5 heterocycles. The summed E-state index contributed by atoms with van der Waals surface area (Å²) in [5, 5.41) is 12.1. The topological polar surface area (TPSA) is 170 Å². The number of aliphatic hydroxyl groups excluding tert-OH is 1. The van der Waals surface area contributed by atoms with Gasteiger partial charge in [0.2, 0.25) is 11.8 Å². The van der Waals surface area contributed by atoms with E-state index in [4.69, 9.17) is 20.2 Å². The van der Waals surface area contributed by atoms with Crippen LogP contribution in [0.25, 0.3) is 0 Å². The van der Waals surface area contributed by atoms with Gasteiger partial charge in [-0.3, -0.25) is 24.2 Å². The summed E-state index contributed by atoms with van der Waals surface area (Å²) in [5.74, 6) is 5.43. The van der Waals surface area contributed by atoms with E-state index in [2.05, 4.69) is 27.0 Å². The van der Waals surface area contributed by atoms with Crippen LogP contribution in [-0.4, -0.2) is 96.5 Å². The number of rotatable bonds is 9. The molecule has 0 saturated carbocycles. The monoisotopic (exact) mass is 869 g/mol. The minimum Gasteiger partial charge on any atom is -0.491 e. The molecule has 1 spiro atoms. The van der Waals surface area contributed by atoms with Crippen molar-refractivity contribution in [2.24, 2.45) is 16.6 Å². The quantitative estimate of drug-likeness (QED) is 0.134. The molecule has 0 radical (unpaired) electrons. The smallest absolute Gasteiger partial charge is 0.324 e. The highest BCUT2D eigenvalue weighted by molar-refractivity contribution is 6.31. The number of nitrogens with two attached hydrogens (primary N) is 1. The van der Waals surface area contributed by atoms with Crippen LogP contribution < -0.4 is 25.6 Å². The Morgan fingerprint density at radius 1 is 0.846 bits per heavy atom. The number of hydrogen-bond donors (Lipinski definition) is 3. The number of amidine groups is 1. The van der Waals surface area contributed by atoms with Crippen LogP contribution in [0.3, 0.4) is 0 Å². The molecule has 0 aromatic heterocycles. The number of nitrogens with zero attached hydrogens (tertiary/aromatic N) is 5. The number of carbonyl (C=O) groups excluding carboxylic acids is 4. The maximum atomic E-state index is 15.8. The van der Waals surface area contributed by atoms with Gasteiger partial charge < -0.3 is 35.4 Å². The van der Waals surface area contributed by atoms with E-state index in [1.54, 1.807) is 11.8 Å². The van der Waals surface area contributed by atoms with Crippen molar-refractivity contribution in [2.75, 3.05) is 55.7 Å². The van der Waals surface area contributed by atoms with Gasteiger partial charge in [-0.15, -0.1) is 0 Å². The Bertz CT molecular complexity index is 2750. The first kappa shape index (κ1) is 41.5. The van der Waals surface area contributed by atoms with E-state index in [0.717, 1.165) is 27.9 Å². The van der Waals surface area contributed by atoms with Gasteiger partial charge in [-0.1, -0.05) is 84.6 Å². The van der Waals surface area contributed by atoms with Crippen molar-refractivity contribution >= 4 is 46.7 Å². The predicted molar refractivity (Wildman–Crippen MR) is 243 cm³/mol. The number of urea groups is 1. The van der Waals surface area contributed by atoms with E-state index in [1.807, 2.05) is 132 Å². The lowest BCUT2D eigenvalue weighted by molar-refractivity contribution is -0.178. The molecule has 65 heavy (non-hydrogen) atoms. The number of fused-ring (bicyclic) bond motifs is 3. The highest BCUT2D eigenvalue weighted by Crippen LogP contribution is 2.68. The number of aliphatic imine (C=N–C) groups is 1. The highest BCUT2D eigenvalue weighted by atomic mass is 16.6. The summed E-state index contributed by atoms with van der Waals surface area (Å²) >= 11 is 0. The van der Waals surface area contributed by atoms with Crippen molar-refractivity contribution in [3.8, 4) is 17.6 Å². The first-order chi connectivity index (χ1) is 31.7. The van der Waals surface area contributed by atoms with E-state index in [1.165, 1.54) is 0 Å². The lowest BCUT2D eigenvalue weighted by Gasteiger charge is -2.47. The minimum atomic E-state index is -1.26. The molecule has 328 valence electrons. The molecule has 5 aliphatic heterocycles. The highest BCUT2D eigenvalue weighted by Gasteiger charge is 2.77. The number of hydrogen-bond acceptors (Lipinski definition) is 10. The summed E-state index contributed by atoms with van der Waals surface area (Å²) < 4.78 is 12.4. The molecule has 10 rings (SSSR count). The Kier molecular flexibility index (Phi) is 10.8. The van der Waals surface area contributed by atoms with Gasteiger partial charge in [-0.25, -0.2) is 9.79 Å². The Hall–Kier alpha value is -7.47. The van der Waals surface area contributed by atoms with Crippen LogP contribution in [0.4, 0.5) is 21.9 Å². The number of nitrogens with one attached hydrogen (secondary N) is 1. The zero-order valence-corrected chi connectivity index (χ0v) is 35.7. The maximum absolute atomic E-state index is 15.8. The van der Waals surface area contributed by atoms with Gasteiger partial charge in [0.05, 0.1) is 47.9 Å². The first-order valence-corrected chi connectivity index (χ1v) is 21.8. The van der Waals surface area contributed by atoms with Crippen molar-refractivity contribution in [3.63, 3.8) is 0 Å². The standard InChI is InChI=1S/C51H47N7O7/c1-32(60)55-25-27-56(28-26-55)37-17-19-38(20-18-37)57-47(61)42-44-48(62)65-45(35-12-6-3-7-13-35)43(34-10-4-2-5-11-34)58(44)46(36-15-21-39(22-16-36)64-30-29-59)51(42)40-31-33(9-8-24-53-50(52)63)14-23-41(40)54-49(51)57/h2-7,10-23,31,42-46,59H,24-30H2,1H3,(H3,52,53,63)/t42-,43-,44-,45+,46+,51-/m1/s1. The van der Waals surface area contributed by atoms with Crippen LogP contribution in [0, 0.1) is 17.8 Å². The average molecular weight is 870 g/mol. The molecular weight excluding hydrogens is 823 g/mol. The van der Waals surface area contributed by atoms with Gasteiger partial charge in [0.15, 0.2) is 0 Å². The molecule has 5 aromatic rings. The molecule has 0 aliphatic carbocycles. The Balaban J connectivity index is 1.17. The van der Waals surface area contributed by atoms with Crippen molar-refractivity contribution in [1.29, 1.82) is 0 Å². The number of morpholine rings is 1. The zero-order valence-electron chi connectivity index (χ0n) is 35.7. The van der Waals surface area contributed by atoms with Gasteiger partial charge in [0.1, 0.15) is 30.3 Å². The summed E-state index contributed by atoms with van der Waals surface area (Å²) in [5.41, 5.74) is 10.2. The number of amides is 4. The molecule has 6 atom stereocenters. The summed E-state index contributed by atoms with van der Waals surface area (Å²) in [6.45, 7) is 4.18. The summed E-state index contributed by atoms with van der Waals surface area (Å²) in [6.07, 6.45) is -0.737. The fraction of sp³-hybridized carbons (Fsp3) is 0.275. The predicted octanol–water partition coefficient (Wildman–Crippen LogP) is 5.16. The molecule has 0 unspecified atom stereocenters. The van der Waals surface area contributed by atoms with Crippen molar-refractivity contribution < 1.29 is 33.8 Å². The van der Waals surface area contributed by atoms with Crippen molar-refractivity contribution in [2.45, 2.75) is 36.6 Å². The van der Waals surface area contributed by atoms with Gasteiger partial charge in [0, 0.05) is 44.4 Å². The minimum absolute atomic E-state index is 0.0330. The van der Waals surface area contributed by atoms with E-state index >= 15 is 9.59 Å². The summed E-state index contributed by atoms with van der Waals surface area (Å²) in [6, 6.07) is 37.8. The SMILES string of the molecule is CC(=O)N1CCN(c2ccc(N3C(=O)[C@H]4[C@@H]5C(=O)O[C@@H](c6ccccc6)[C@@H](c6ccccc6)N5[C@@H](c5ccc(OCCO)cc5)[C@]45C3=Nc3ccc(C#CCNC(N)=O)cc35)cc2)CC1. The van der Waals surface area contributed by atoms with Crippen molar-refractivity contribution in [1.82, 2.24) is 15.1 Å². The molecule has 14 heteroatoms. The number of aliphatic hydroxyl groups is 1. The van der Waals surface area contributed by atoms with Crippen LogP contribution >= 0.6 is 0 Å². The van der Waals surface area contributed by atoms with Crippen LogP contribution in [0.1, 0.15) is 52.9 Å². The van der Waals surface area contributed by atoms with Crippen LogP contribution in [-0.2, 0) is 24.5 Å². The number of primary amides is 1. The number of cyclic esters (lactones) is 1. The fourth-order valence-electron chi connectivity index (χ4n) is 10.6. The van der Waals surface area contributed by atoms with E-state index in [9.17, 15) is 14.7 Å². The second-order valence-electron chi connectivity index (χ2n) is 16.8. The van der Waals surface area contributed by atoms with Gasteiger partial charge in [-0.05, 0) is 76.9 Å². The fourth-order valence-corrected chi connectivity index (χ4v) is 10.6. The maximum Gasteiger partial charge on any atom is 0.324 e. The molecule has 5 aliphatic rings. The number of benzene rings is 5. The third-order valence-electron chi connectivity index (χ3n) is 13.3. The summed E-state index contributed by atoms with van der Waals surface area (Å²) in [4.78, 5) is 67.9. The van der Waals surface area contributed by atoms with E-state index in [-0.39, 0.29) is 31.6 Å². The second kappa shape index (κ2) is 16.9. The molecule has 14 nitrogen and oxygen atoms in total. The number of ether oxygens (including phenoxy) is 2. The molecular formula is C51H47N7O7. The number of esters is 1. The molecule has 4 N–H and O–H groups in total. The van der Waals surface area contributed by atoms with Gasteiger partial charge >= 0.3 is 12.0 Å². The van der Waals surface area contributed by atoms with E-state index in [0.29, 0.717) is 54.7 Å². The van der Waals surface area contributed by atoms with Gasteiger partial charge in [0.25, 0.3) is 0 Å². The molecule has 4 amide bonds. The zero-order chi connectivity index (χ0) is 44.8. The summed E-state index contributed by atoms with van der Waals surface area (Å²) in [7, 11) is 0. The molecule has 5 aromatic carbocycles. The number of piperazine rings is 1. The lowest BCUT2D eigenvalue weighted by Crippen LogP contribution is -2.53. The molecule has 4 fully saturated rings. The van der Waals surface area contributed by atoms with E-state index < -0.39 is 47.6 Å². The third-order valence-corrected chi connectivity index (χ3v) is 13.3. The largest absolute Gasteiger partial charge is 0.491 e. The number of anilines is 2. The van der Waals surface area contributed by atoms with Gasteiger partial charge in [-0.2, -0.15) is 0 Å².